The molecule has 1 saturated heterocycles. The molecular weight excluding hydrogens is 258 g/mol. The van der Waals surface area contributed by atoms with Crippen LogP contribution in [0, 0.1) is 17.8 Å². The largest absolute Gasteiger partial charge is 0.480 e. The predicted molar refractivity (Wildman–Crippen MR) is 70.9 cm³/mol. The third-order valence-corrected chi connectivity index (χ3v) is 4.88. The number of aromatic amines is 1. The zero-order valence-corrected chi connectivity index (χ0v) is 11.5. The first-order chi connectivity index (χ1) is 9.72. The number of carbonyl (C=O) groups is 1. The van der Waals surface area contributed by atoms with Crippen molar-refractivity contribution in [2.75, 3.05) is 6.54 Å². The molecule has 20 heavy (non-hydrogen) atoms. The molecule has 1 aromatic rings. The second kappa shape index (κ2) is 5.87. The summed E-state index contributed by atoms with van der Waals surface area (Å²) >= 11 is 0. The maximum atomic E-state index is 11.1. The summed E-state index contributed by atoms with van der Waals surface area (Å²) in [6.45, 7) is 0.860. The van der Waals surface area contributed by atoms with Crippen LogP contribution in [0.4, 0.5) is 0 Å². The maximum Gasteiger partial charge on any atom is 0.320 e. The lowest BCUT2D eigenvalue weighted by atomic mass is 9.69. The number of aryl methyl sites for hydroxylation is 1. The van der Waals surface area contributed by atoms with Gasteiger partial charge in [-0.3, -0.25) is 4.79 Å². The molecule has 3 rings (SSSR count). The van der Waals surface area contributed by atoms with Crippen molar-refractivity contribution in [2.45, 2.75) is 44.6 Å². The number of piperidine rings is 1. The number of carboxylic acids is 1. The lowest BCUT2D eigenvalue weighted by Crippen LogP contribution is -2.49. The standard InChI is InChI=1S/C13H21N5O2/c19-13(20)11-6-10-5-8(1-3-9(10)7-14-11)2-4-12-15-17-18-16-12/h8-11,14H,1-7H2,(H,19,20)(H,15,16,17,18)/t8-,9-,10+,11-/m1/s1. The molecule has 7 nitrogen and oxygen atoms in total. The Bertz CT molecular complexity index is 450. The van der Waals surface area contributed by atoms with E-state index >= 15 is 0 Å². The summed E-state index contributed by atoms with van der Waals surface area (Å²) < 4.78 is 0. The maximum absolute atomic E-state index is 11.1. The minimum atomic E-state index is -0.711. The van der Waals surface area contributed by atoms with Crippen LogP contribution in [0.5, 0.6) is 0 Å². The molecule has 110 valence electrons. The number of aliphatic carboxylic acids is 1. The summed E-state index contributed by atoms with van der Waals surface area (Å²) in [6.07, 6.45) is 6.30. The minimum Gasteiger partial charge on any atom is -0.480 e. The molecule has 1 aromatic heterocycles. The number of tetrazole rings is 1. The highest BCUT2D eigenvalue weighted by Crippen LogP contribution is 2.40. The van der Waals surface area contributed by atoms with E-state index in [0.29, 0.717) is 17.8 Å². The van der Waals surface area contributed by atoms with Gasteiger partial charge < -0.3 is 10.4 Å². The molecule has 4 atom stereocenters. The van der Waals surface area contributed by atoms with Crippen LogP contribution in [0.3, 0.4) is 0 Å². The van der Waals surface area contributed by atoms with Gasteiger partial charge >= 0.3 is 5.97 Å². The summed E-state index contributed by atoms with van der Waals surface area (Å²) in [5.41, 5.74) is 0. The van der Waals surface area contributed by atoms with Crippen molar-refractivity contribution in [3.05, 3.63) is 5.82 Å². The normalized spacial score (nSPS) is 33.6. The third kappa shape index (κ3) is 2.98. The monoisotopic (exact) mass is 279 g/mol. The molecule has 0 spiro atoms. The molecular formula is C13H21N5O2. The van der Waals surface area contributed by atoms with E-state index in [2.05, 4.69) is 25.9 Å². The van der Waals surface area contributed by atoms with Crippen LogP contribution < -0.4 is 5.32 Å². The van der Waals surface area contributed by atoms with Crippen LogP contribution >= 0.6 is 0 Å². The Morgan fingerprint density at radius 2 is 2.20 bits per heavy atom. The van der Waals surface area contributed by atoms with Gasteiger partial charge in [0.2, 0.25) is 0 Å². The van der Waals surface area contributed by atoms with Gasteiger partial charge in [-0.15, -0.1) is 10.2 Å². The molecule has 2 heterocycles. The van der Waals surface area contributed by atoms with Crippen molar-refractivity contribution < 1.29 is 9.90 Å². The number of aromatic nitrogens is 4. The Labute approximate surface area is 117 Å². The summed E-state index contributed by atoms with van der Waals surface area (Å²) in [6, 6.07) is -0.354. The highest BCUT2D eigenvalue weighted by atomic mass is 16.4. The summed E-state index contributed by atoms with van der Waals surface area (Å²) in [4.78, 5) is 11.1. The second-order valence-electron chi connectivity index (χ2n) is 6.10. The summed E-state index contributed by atoms with van der Waals surface area (Å²) in [5.74, 6) is 1.95. The van der Waals surface area contributed by atoms with Crippen molar-refractivity contribution in [3.8, 4) is 0 Å². The highest BCUT2D eigenvalue weighted by molar-refractivity contribution is 5.73. The molecule has 0 aromatic carbocycles. The first-order valence-electron chi connectivity index (χ1n) is 7.41. The van der Waals surface area contributed by atoms with Gasteiger partial charge in [0.25, 0.3) is 0 Å². The Kier molecular flexibility index (Phi) is 3.95. The minimum absolute atomic E-state index is 0.354. The van der Waals surface area contributed by atoms with E-state index in [4.69, 9.17) is 5.11 Å². The lowest BCUT2D eigenvalue weighted by molar-refractivity contribution is -0.141. The number of hydrogen-bond acceptors (Lipinski definition) is 5. The number of hydrogen-bond donors (Lipinski definition) is 3. The Morgan fingerprint density at radius 1 is 1.30 bits per heavy atom. The average Bonchev–Trinajstić information content (AvgIpc) is 2.97. The fourth-order valence-corrected chi connectivity index (χ4v) is 3.73. The van der Waals surface area contributed by atoms with Crippen LogP contribution in [-0.4, -0.2) is 44.3 Å². The Morgan fingerprint density at radius 3 is 2.95 bits per heavy atom. The number of H-pyrrole nitrogens is 1. The quantitative estimate of drug-likeness (QED) is 0.746. The highest BCUT2D eigenvalue weighted by Gasteiger charge is 2.37. The van der Waals surface area contributed by atoms with Gasteiger partial charge in [-0.05, 0) is 50.0 Å². The molecule has 1 saturated carbocycles. The van der Waals surface area contributed by atoms with Gasteiger partial charge in [-0.25, -0.2) is 0 Å². The SMILES string of the molecule is O=C(O)[C@H]1C[C@@H]2C[C@@H](CCc3nn[nH]n3)CC[C@@H]2CN1. The van der Waals surface area contributed by atoms with E-state index in [1.165, 1.54) is 12.8 Å². The fourth-order valence-electron chi connectivity index (χ4n) is 3.73. The van der Waals surface area contributed by atoms with Crippen LogP contribution in [-0.2, 0) is 11.2 Å². The van der Waals surface area contributed by atoms with Crippen molar-refractivity contribution in [3.63, 3.8) is 0 Å². The molecule has 7 heteroatoms. The van der Waals surface area contributed by atoms with E-state index in [9.17, 15) is 4.79 Å². The van der Waals surface area contributed by atoms with Gasteiger partial charge in [-0.2, -0.15) is 5.21 Å². The smallest absolute Gasteiger partial charge is 0.320 e. The number of carboxylic acid groups (broad SMARTS) is 1. The van der Waals surface area contributed by atoms with Crippen LogP contribution in [0.1, 0.15) is 37.9 Å². The second-order valence-corrected chi connectivity index (χ2v) is 6.10. The van der Waals surface area contributed by atoms with Gasteiger partial charge in [-0.1, -0.05) is 11.6 Å². The topological polar surface area (TPSA) is 104 Å². The van der Waals surface area contributed by atoms with E-state index in [0.717, 1.165) is 38.1 Å². The van der Waals surface area contributed by atoms with Crippen molar-refractivity contribution in [1.82, 2.24) is 25.9 Å². The molecule has 3 N–H and O–H groups in total. The Hall–Kier alpha value is -1.50. The van der Waals surface area contributed by atoms with E-state index in [1.54, 1.807) is 0 Å². The molecule has 0 radical (unpaired) electrons. The van der Waals surface area contributed by atoms with Crippen LogP contribution in [0.15, 0.2) is 0 Å². The van der Waals surface area contributed by atoms with Crippen molar-refractivity contribution in [1.29, 1.82) is 0 Å². The molecule has 1 aliphatic carbocycles. The lowest BCUT2D eigenvalue weighted by Gasteiger charge is -2.41. The van der Waals surface area contributed by atoms with Gasteiger partial charge in [0.05, 0.1) is 0 Å². The van der Waals surface area contributed by atoms with Gasteiger partial charge in [0.15, 0.2) is 5.82 Å². The molecule has 2 aliphatic rings. The molecule has 1 aliphatic heterocycles. The fraction of sp³-hybridized carbons (Fsp3) is 0.846. The molecule has 2 fully saturated rings. The number of nitrogens with zero attached hydrogens (tertiary/aromatic N) is 3. The number of nitrogens with one attached hydrogen (secondary N) is 2. The van der Waals surface area contributed by atoms with Crippen molar-refractivity contribution in [2.24, 2.45) is 17.8 Å². The third-order valence-electron chi connectivity index (χ3n) is 4.88. The zero-order chi connectivity index (χ0) is 13.9. The van der Waals surface area contributed by atoms with Gasteiger partial charge in [0.1, 0.15) is 6.04 Å². The molecule has 0 unspecified atom stereocenters. The first-order valence-corrected chi connectivity index (χ1v) is 7.41. The van der Waals surface area contributed by atoms with Crippen molar-refractivity contribution >= 4 is 5.97 Å². The van der Waals surface area contributed by atoms with E-state index in [-0.39, 0.29) is 6.04 Å². The van der Waals surface area contributed by atoms with E-state index in [1.807, 2.05) is 0 Å². The summed E-state index contributed by atoms with van der Waals surface area (Å²) in [5, 5.41) is 26.3. The number of fused-ring (bicyclic) bond motifs is 1. The summed E-state index contributed by atoms with van der Waals surface area (Å²) in [7, 11) is 0. The number of rotatable bonds is 4. The average molecular weight is 279 g/mol. The Balaban J connectivity index is 1.52. The predicted octanol–water partition coefficient (Wildman–Crippen LogP) is 0.611. The molecule has 0 amide bonds. The van der Waals surface area contributed by atoms with Gasteiger partial charge in [0, 0.05) is 6.42 Å². The van der Waals surface area contributed by atoms with Crippen LogP contribution in [0.2, 0.25) is 0 Å². The van der Waals surface area contributed by atoms with E-state index < -0.39 is 5.97 Å². The first kappa shape index (κ1) is 13.5. The zero-order valence-electron chi connectivity index (χ0n) is 11.5. The molecule has 0 bridgehead atoms. The van der Waals surface area contributed by atoms with Crippen LogP contribution in [0.25, 0.3) is 0 Å².